The molecule has 0 atom stereocenters. The van der Waals surface area contributed by atoms with Crippen LogP contribution in [-0.4, -0.2) is 25.1 Å². The number of hydrogen-bond acceptors (Lipinski definition) is 7. The van der Waals surface area contributed by atoms with E-state index in [2.05, 4.69) is 45.2 Å². The van der Waals surface area contributed by atoms with Crippen LogP contribution in [0.3, 0.4) is 0 Å². The van der Waals surface area contributed by atoms with E-state index in [1.807, 2.05) is 42.5 Å². The van der Waals surface area contributed by atoms with Crippen LogP contribution in [0.1, 0.15) is 5.56 Å². The van der Waals surface area contributed by atoms with E-state index >= 15 is 0 Å². The molecule has 0 aliphatic rings. The smallest absolute Gasteiger partial charge is 0.203 e. The molecule has 0 fully saturated rings. The van der Waals surface area contributed by atoms with E-state index < -0.39 is 0 Å². The van der Waals surface area contributed by atoms with Crippen molar-refractivity contribution in [1.82, 2.24) is 25.1 Å². The van der Waals surface area contributed by atoms with Gasteiger partial charge in [-0.3, -0.25) is 0 Å². The molecule has 146 valence electrons. The van der Waals surface area contributed by atoms with Crippen LogP contribution in [-0.2, 0) is 6.54 Å². The number of benzene rings is 2. The van der Waals surface area contributed by atoms with Crippen molar-refractivity contribution >= 4 is 27.6 Å². The molecule has 0 radical (unpaired) electrons. The van der Waals surface area contributed by atoms with E-state index in [0.29, 0.717) is 27.0 Å². The van der Waals surface area contributed by atoms with Crippen LogP contribution >= 0.6 is 11.3 Å². The summed E-state index contributed by atoms with van der Waals surface area (Å²) in [6.45, 7) is 0.741. The second kappa shape index (κ2) is 7.58. The number of anilines is 1. The maximum atomic E-state index is 5.72. The average molecular weight is 413 g/mol. The van der Waals surface area contributed by atoms with Crippen molar-refractivity contribution in [2.75, 3.05) is 5.73 Å². The zero-order chi connectivity index (χ0) is 20.5. The molecule has 5 rings (SSSR count). The number of quaternary nitrogens is 1. The van der Waals surface area contributed by atoms with E-state index in [1.54, 1.807) is 0 Å². The minimum absolute atomic E-state index is 0.406. The van der Waals surface area contributed by atoms with Gasteiger partial charge in [-0.1, -0.05) is 65.9 Å². The summed E-state index contributed by atoms with van der Waals surface area (Å²) < 4.78 is 0. The van der Waals surface area contributed by atoms with Crippen molar-refractivity contribution in [3.05, 3.63) is 72.3 Å². The average Bonchev–Trinajstić information content (AvgIpc) is 3.25. The van der Waals surface area contributed by atoms with Crippen LogP contribution in [0.2, 0.25) is 0 Å². The lowest BCUT2D eigenvalue weighted by Crippen LogP contribution is -2.47. The van der Waals surface area contributed by atoms with E-state index in [-0.39, 0.29) is 0 Å². The Morgan fingerprint density at radius 1 is 0.767 bits per heavy atom. The molecule has 3 aromatic heterocycles. The molecule has 5 N–H and O–H groups in total. The fourth-order valence-corrected chi connectivity index (χ4v) is 3.81. The summed E-state index contributed by atoms with van der Waals surface area (Å²) in [6, 6.07) is 22.1. The van der Waals surface area contributed by atoms with Crippen LogP contribution in [0.15, 0.2) is 66.7 Å². The minimum atomic E-state index is 0.406. The van der Waals surface area contributed by atoms with Gasteiger partial charge in [0.25, 0.3) is 0 Å². The molecule has 0 spiro atoms. The van der Waals surface area contributed by atoms with E-state index in [4.69, 9.17) is 15.7 Å². The summed E-state index contributed by atoms with van der Waals surface area (Å²) in [5.41, 5.74) is 16.4. The van der Waals surface area contributed by atoms with Crippen molar-refractivity contribution in [3.63, 3.8) is 0 Å². The summed E-state index contributed by atoms with van der Waals surface area (Å²) in [6.07, 6.45) is 0. The van der Waals surface area contributed by atoms with Gasteiger partial charge in [0.15, 0.2) is 10.7 Å². The van der Waals surface area contributed by atoms with Crippen LogP contribution in [0, 0.1) is 0 Å². The predicted molar refractivity (Wildman–Crippen MR) is 118 cm³/mol. The Kier molecular flexibility index (Phi) is 4.62. The van der Waals surface area contributed by atoms with Gasteiger partial charge in [0.1, 0.15) is 11.2 Å². The van der Waals surface area contributed by atoms with Gasteiger partial charge in [-0.05, 0) is 12.1 Å². The van der Waals surface area contributed by atoms with E-state index in [1.165, 1.54) is 16.9 Å². The number of fused-ring (bicyclic) bond motifs is 1. The van der Waals surface area contributed by atoms with Crippen LogP contribution < -0.4 is 11.5 Å². The molecule has 0 unspecified atom stereocenters. The molecule has 8 heteroatoms. The van der Waals surface area contributed by atoms with Gasteiger partial charge >= 0.3 is 0 Å². The zero-order valence-electron chi connectivity index (χ0n) is 16.0. The molecule has 0 bridgehead atoms. The van der Waals surface area contributed by atoms with Crippen LogP contribution in [0.4, 0.5) is 5.13 Å². The van der Waals surface area contributed by atoms with Gasteiger partial charge < -0.3 is 11.5 Å². The Bertz CT molecular complexity index is 1330. The molecule has 0 aliphatic carbocycles. The highest BCUT2D eigenvalue weighted by Crippen LogP contribution is 2.32. The highest BCUT2D eigenvalue weighted by atomic mass is 32.1. The highest BCUT2D eigenvalue weighted by Gasteiger charge is 2.15. The van der Waals surface area contributed by atoms with E-state index in [0.717, 1.165) is 29.1 Å². The summed E-state index contributed by atoms with van der Waals surface area (Å²) in [5.74, 6) is 0. The van der Waals surface area contributed by atoms with Gasteiger partial charge in [0, 0.05) is 16.7 Å². The van der Waals surface area contributed by atoms with Gasteiger partial charge in [0.2, 0.25) is 5.13 Å². The Balaban J connectivity index is 1.72. The Labute approximate surface area is 176 Å². The molecule has 3 heterocycles. The van der Waals surface area contributed by atoms with Crippen molar-refractivity contribution in [3.8, 4) is 33.2 Å². The topological polar surface area (TPSA) is 118 Å². The summed E-state index contributed by atoms with van der Waals surface area (Å²) >= 11 is 1.29. The van der Waals surface area contributed by atoms with Gasteiger partial charge in [-0.15, -0.1) is 10.2 Å². The largest absolute Gasteiger partial charge is 0.374 e. The number of nitrogens with two attached hydrogens (primary N) is 1. The molecular weight excluding hydrogens is 394 g/mol. The standard InChI is InChI=1S/C22H17N7S/c23-12-13-6-8-15(9-7-13)19-18(14-4-2-1-3-5-14)25-16-10-11-17(26-20(16)27-19)21-28-29-22(24)30-21/h1-11H,12,23H2,(H2,24,29)/p+1. The molecule has 5 aromatic rings. The number of aromatic nitrogens is 5. The molecular formula is C22H18N7S+. The summed E-state index contributed by atoms with van der Waals surface area (Å²) in [4.78, 5) is 14.5. The van der Waals surface area contributed by atoms with Crippen molar-refractivity contribution in [1.29, 1.82) is 0 Å². The Morgan fingerprint density at radius 2 is 1.50 bits per heavy atom. The fourth-order valence-electron chi connectivity index (χ4n) is 3.23. The number of nitrogens with zero attached hydrogens (tertiary/aromatic N) is 5. The molecule has 30 heavy (non-hydrogen) atoms. The molecule has 0 saturated heterocycles. The van der Waals surface area contributed by atoms with E-state index in [9.17, 15) is 0 Å². The predicted octanol–water partition coefficient (Wildman–Crippen LogP) is 3.20. The van der Waals surface area contributed by atoms with Gasteiger partial charge in [-0.2, -0.15) is 0 Å². The van der Waals surface area contributed by atoms with Gasteiger partial charge in [0.05, 0.1) is 17.9 Å². The Hall–Kier alpha value is -3.75. The first kappa shape index (κ1) is 18.3. The molecule has 0 saturated carbocycles. The number of pyridine rings is 1. The third-order valence-electron chi connectivity index (χ3n) is 4.75. The Morgan fingerprint density at radius 3 is 2.20 bits per heavy atom. The fraction of sp³-hybridized carbons (Fsp3) is 0.0455. The quantitative estimate of drug-likeness (QED) is 0.468. The molecule has 0 amide bonds. The minimum Gasteiger partial charge on any atom is -0.374 e. The lowest BCUT2D eigenvalue weighted by atomic mass is 10.0. The number of hydrogen-bond donors (Lipinski definition) is 2. The van der Waals surface area contributed by atoms with Gasteiger partial charge in [-0.25, -0.2) is 15.0 Å². The lowest BCUT2D eigenvalue weighted by molar-refractivity contribution is -0.386. The highest BCUT2D eigenvalue weighted by molar-refractivity contribution is 7.18. The first-order valence-corrected chi connectivity index (χ1v) is 10.2. The summed E-state index contributed by atoms with van der Waals surface area (Å²) in [5, 5.41) is 9.02. The maximum absolute atomic E-state index is 5.72. The SMILES string of the molecule is Nc1nnc(-c2ccc3nc(-c4ccccc4)c(-c4ccc(C[NH3+])cc4)nc3n2)s1. The maximum Gasteiger partial charge on any atom is 0.203 e. The molecule has 2 aromatic carbocycles. The second-order valence-corrected chi connectivity index (χ2v) is 7.73. The normalized spacial score (nSPS) is 11.1. The zero-order valence-corrected chi connectivity index (χ0v) is 16.8. The molecule has 0 aliphatic heterocycles. The first-order chi connectivity index (χ1) is 14.7. The first-order valence-electron chi connectivity index (χ1n) is 9.43. The van der Waals surface area contributed by atoms with Crippen molar-refractivity contribution in [2.24, 2.45) is 0 Å². The van der Waals surface area contributed by atoms with Crippen LogP contribution in [0.5, 0.6) is 0 Å². The molecule has 7 nitrogen and oxygen atoms in total. The third-order valence-corrected chi connectivity index (χ3v) is 5.53. The third kappa shape index (κ3) is 3.38. The van der Waals surface area contributed by atoms with Crippen molar-refractivity contribution in [2.45, 2.75) is 6.54 Å². The lowest BCUT2D eigenvalue weighted by Gasteiger charge is -2.11. The van der Waals surface area contributed by atoms with Crippen molar-refractivity contribution < 1.29 is 5.73 Å². The number of rotatable bonds is 4. The number of nitrogen functional groups attached to an aromatic ring is 1. The van der Waals surface area contributed by atoms with Crippen LogP contribution in [0.25, 0.3) is 44.4 Å². The monoisotopic (exact) mass is 412 g/mol. The second-order valence-electron chi connectivity index (χ2n) is 6.72. The summed E-state index contributed by atoms with van der Waals surface area (Å²) in [7, 11) is 0.